The van der Waals surface area contributed by atoms with Crippen LogP contribution in [0.2, 0.25) is 0 Å². The van der Waals surface area contributed by atoms with Gasteiger partial charge in [0, 0.05) is 0 Å². The van der Waals surface area contributed by atoms with Gasteiger partial charge in [0.05, 0.1) is 13.0 Å². The lowest BCUT2D eigenvalue weighted by molar-refractivity contribution is -0.145. The van der Waals surface area contributed by atoms with Gasteiger partial charge in [0.25, 0.3) is 0 Å². The highest BCUT2D eigenvalue weighted by Crippen LogP contribution is 2.44. The maximum absolute atomic E-state index is 13.1. The lowest BCUT2D eigenvalue weighted by atomic mass is 9.95. The van der Waals surface area contributed by atoms with E-state index in [1.54, 1.807) is 6.08 Å². The summed E-state index contributed by atoms with van der Waals surface area (Å²) in [6, 6.07) is 15.2. The van der Waals surface area contributed by atoms with Gasteiger partial charge < -0.3 is 10.1 Å². The fourth-order valence-corrected chi connectivity index (χ4v) is 3.55. The molecule has 0 aromatic heterocycles. The van der Waals surface area contributed by atoms with Gasteiger partial charge in [-0.1, -0.05) is 54.6 Å². The van der Waals surface area contributed by atoms with Crippen molar-refractivity contribution in [3.8, 4) is 11.1 Å². The zero-order valence-electron chi connectivity index (χ0n) is 14.9. The molecule has 4 heteroatoms. The molecule has 0 spiro atoms. The van der Waals surface area contributed by atoms with Crippen LogP contribution in [0.25, 0.3) is 11.1 Å². The minimum Gasteiger partial charge on any atom is -0.467 e. The SMILES string of the molecule is C=CCCC[C@H](NC(=O)C1c2ccccc2-c2ccccc21)C(=O)OC. The Balaban J connectivity index is 1.86. The van der Waals surface area contributed by atoms with Crippen molar-refractivity contribution in [2.45, 2.75) is 31.2 Å². The molecule has 1 amide bonds. The van der Waals surface area contributed by atoms with Gasteiger partial charge in [-0.15, -0.1) is 6.58 Å². The van der Waals surface area contributed by atoms with Crippen LogP contribution in [0.5, 0.6) is 0 Å². The average Bonchev–Trinajstić information content (AvgIpc) is 3.01. The molecule has 1 aliphatic rings. The molecule has 1 aliphatic carbocycles. The number of allylic oxidation sites excluding steroid dienone is 1. The molecular formula is C22H23NO3. The standard InChI is InChI=1S/C22H23NO3/c1-3-4-5-14-19(22(25)26-2)23-21(24)20-17-12-8-6-10-15(17)16-11-7-9-13-18(16)20/h3,6-13,19-20H,1,4-5,14H2,2H3,(H,23,24)/t19-/m0/s1. The number of fused-ring (bicyclic) bond motifs is 3. The van der Waals surface area contributed by atoms with Crippen LogP contribution in [0.15, 0.2) is 61.2 Å². The maximum atomic E-state index is 13.1. The van der Waals surface area contributed by atoms with Crippen molar-refractivity contribution < 1.29 is 14.3 Å². The number of carbonyl (C=O) groups excluding carboxylic acids is 2. The summed E-state index contributed by atoms with van der Waals surface area (Å²) < 4.78 is 4.87. The highest BCUT2D eigenvalue weighted by atomic mass is 16.5. The smallest absolute Gasteiger partial charge is 0.328 e. The molecule has 134 valence electrons. The highest BCUT2D eigenvalue weighted by molar-refractivity contribution is 5.97. The van der Waals surface area contributed by atoms with Crippen LogP contribution < -0.4 is 5.32 Å². The molecular weight excluding hydrogens is 326 g/mol. The number of hydrogen-bond acceptors (Lipinski definition) is 3. The number of nitrogens with one attached hydrogen (secondary N) is 1. The molecule has 2 aromatic rings. The summed E-state index contributed by atoms with van der Waals surface area (Å²) in [5.74, 6) is -0.993. The Labute approximate surface area is 153 Å². The second kappa shape index (κ2) is 8.00. The number of benzene rings is 2. The van der Waals surface area contributed by atoms with Crippen molar-refractivity contribution in [3.05, 3.63) is 72.3 Å². The summed E-state index contributed by atoms with van der Waals surface area (Å²) in [6.45, 7) is 3.69. The molecule has 0 heterocycles. The lowest BCUT2D eigenvalue weighted by Gasteiger charge is -2.20. The van der Waals surface area contributed by atoms with E-state index in [1.807, 2.05) is 48.5 Å². The van der Waals surface area contributed by atoms with Crippen molar-refractivity contribution in [3.63, 3.8) is 0 Å². The normalized spacial score (nSPS) is 13.4. The van der Waals surface area contributed by atoms with Gasteiger partial charge in [0.15, 0.2) is 0 Å². The molecule has 26 heavy (non-hydrogen) atoms. The van der Waals surface area contributed by atoms with Crippen LogP contribution in [0.1, 0.15) is 36.3 Å². The number of ether oxygens (including phenoxy) is 1. The van der Waals surface area contributed by atoms with Crippen LogP contribution in [-0.4, -0.2) is 25.0 Å². The van der Waals surface area contributed by atoms with E-state index in [4.69, 9.17) is 4.74 Å². The minimum absolute atomic E-state index is 0.170. The molecule has 0 saturated heterocycles. The van der Waals surface area contributed by atoms with E-state index >= 15 is 0 Å². The predicted molar refractivity (Wildman–Crippen MR) is 102 cm³/mol. The lowest BCUT2D eigenvalue weighted by Crippen LogP contribution is -2.43. The first-order valence-electron chi connectivity index (χ1n) is 8.84. The molecule has 0 aliphatic heterocycles. The molecule has 0 radical (unpaired) electrons. The van der Waals surface area contributed by atoms with Crippen LogP contribution >= 0.6 is 0 Å². The van der Waals surface area contributed by atoms with Gasteiger partial charge in [-0.25, -0.2) is 4.79 Å². The van der Waals surface area contributed by atoms with Crippen molar-refractivity contribution in [1.29, 1.82) is 0 Å². The van der Waals surface area contributed by atoms with Crippen molar-refractivity contribution >= 4 is 11.9 Å². The molecule has 0 saturated carbocycles. The van der Waals surface area contributed by atoms with Crippen LogP contribution in [0.3, 0.4) is 0 Å². The Morgan fingerprint density at radius 3 is 2.23 bits per heavy atom. The molecule has 0 fully saturated rings. The highest BCUT2D eigenvalue weighted by Gasteiger charge is 2.35. The van der Waals surface area contributed by atoms with Crippen LogP contribution in [0, 0.1) is 0 Å². The molecule has 1 N–H and O–H groups in total. The number of unbranched alkanes of at least 4 members (excludes halogenated alkanes) is 1. The van der Waals surface area contributed by atoms with Crippen LogP contribution in [0.4, 0.5) is 0 Å². The van der Waals surface area contributed by atoms with E-state index in [0.29, 0.717) is 6.42 Å². The Kier molecular flexibility index (Phi) is 5.52. The summed E-state index contributed by atoms with van der Waals surface area (Å²) in [5.41, 5.74) is 4.09. The summed E-state index contributed by atoms with van der Waals surface area (Å²) in [4.78, 5) is 25.2. The van der Waals surface area contributed by atoms with Crippen molar-refractivity contribution in [2.24, 2.45) is 0 Å². The molecule has 0 bridgehead atoms. The van der Waals surface area contributed by atoms with E-state index in [0.717, 1.165) is 35.1 Å². The summed E-state index contributed by atoms with van der Waals surface area (Å²) in [5, 5.41) is 2.90. The predicted octanol–water partition coefficient (Wildman–Crippen LogP) is 3.81. The maximum Gasteiger partial charge on any atom is 0.328 e. The third-order valence-corrected chi connectivity index (χ3v) is 4.80. The van der Waals surface area contributed by atoms with E-state index in [-0.39, 0.29) is 5.91 Å². The largest absolute Gasteiger partial charge is 0.467 e. The Morgan fingerprint density at radius 2 is 1.69 bits per heavy atom. The second-order valence-electron chi connectivity index (χ2n) is 6.41. The minimum atomic E-state index is -0.646. The summed E-state index contributed by atoms with van der Waals surface area (Å²) in [7, 11) is 1.34. The molecule has 1 atom stereocenters. The number of amides is 1. The number of hydrogen-bond donors (Lipinski definition) is 1. The molecule has 3 rings (SSSR count). The van der Waals surface area contributed by atoms with Gasteiger partial charge in [-0.3, -0.25) is 4.79 Å². The first kappa shape index (κ1) is 17.9. The number of carbonyl (C=O) groups is 2. The summed E-state index contributed by atoms with van der Waals surface area (Å²) >= 11 is 0. The number of methoxy groups -OCH3 is 1. The van der Waals surface area contributed by atoms with Crippen molar-refractivity contribution in [2.75, 3.05) is 7.11 Å². The van der Waals surface area contributed by atoms with E-state index in [2.05, 4.69) is 11.9 Å². The van der Waals surface area contributed by atoms with Crippen LogP contribution in [-0.2, 0) is 14.3 Å². The van der Waals surface area contributed by atoms with Crippen molar-refractivity contribution in [1.82, 2.24) is 5.32 Å². The monoisotopic (exact) mass is 349 g/mol. The summed E-state index contributed by atoms with van der Waals surface area (Å²) in [6.07, 6.45) is 3.89. The second-order valence-corrected chi connectivity index (χ2v) is 6.41. The first-order chi connectivity index (χ1) is 12.7. The fraction of sp³-hybridized carbons (Fsp3) is 0.273. The zero-order chi connectivity index (χ0) is 18.5. The third kappa shape index (κ3) is 3.40. The molecule has 4 nitrogen and oxygen atoms in total. The number of esters is 1. The molecule has 0 unspecified atom stereocenters. The van der Waals surface area contributed by atoms with Gasteiger partial charge in [-0.05, 0) is 41.5 Å². The average molecular weight is 349 g/mol. The molecule has 2 aromatic carbocycles. The van der Waals surface area contributed by atoms with Gasteiger partial charge >= 0.3 is 5.97 Å². The quantitative estimate of drug-likeness (QED) is 0.470. The van der Waals surface area contributed by atoms with Gasteiger partial charge in [-0.2, -0.15) is 0 Å². The van der Waals surface area contributed by atoms with Gasteiger partial charge in [0.1, 0.15) is 6.04 Å². The Bertz CT molecular complexity index is 782. The van der Waals surface area contributed by atoms with Gasteiger partial charge in [0.2, 0.25) is 5.91 Å². The van der Waals surface area contributed by atoms with E-state index < -0.39 is 17.9 Å². The topological polar surface area (TPSA) is 55.4 Å². The Morgan fingerprint density at radius 1 is 1.12 bits per heavy atom. The zero-order valence-corrected chi connectivity index (χ0v) is 14.9. The third-order valence-electron chi connectivity index (χ3n) is 4.80. The van der Waals surface area contributed by atoms with E-state index in [1.165, 1.54) is 7.11 Å². The Hall–Kier alpha value is -2.88. The van der Waals surface area contributed by atoms with E-state index in [9.17, 15) is 9.59 Å². The first-order valence-corrected chi connectivity index (χ1v) is 8.84. The number of rotatable bonds is 7. The fourth-order valence-electron chi connectivity index (χ4n) is 3.55.